The van der Waals surface area contributed by atoms with Gasteiger partial charge in [0.15, 0.2) is 0 Å². The number of hydrogen-bond donors (Lipinski definition) is 0. The average molecular weight is 418 g/mol. The second kappa shape index (κ2) is 8.35. The number of methoxy groups -OCH3 is 2. The molecule has 162 valence electrons. The number of fused-ring (bicyclic) bond motifs is 1. The number of amides is 1. The molecule has 9 nitrogen and oxygen atoms in total. The van der Waals surface area contributed by atoms with Crippen molar-refractivity contribution in [3.05, 3.63) is 35.0 Å². The molecule has 3 rings (SSSR count). The van der Waals surface area contributed by atoms with Crippen molar-refractivity contribution < 1.29 is 33.3 Å². The molecular weight excluding hydrogens is 392 g/mol. The molecule has 0 aliphatic carbocycles. The van der Waals surface area contributed by atoms with Crippen LogP contribution in [0.5, 0.6) is 0 Å². The molecule has 0 unspecified atom stereocenters. The van der Waals surface area contributed by atoms with Crippen LogP contribution in [-0.4, -0.2) is 57.7 Å². The zero-order valence-electron chi connectivity index (χ0n) is 17.8. The Morgan fingerprint density at radius 2 is 1.77 bits per heavy atom. The molecule has 0 N–H and O–H groups in total. The van der Waals surface area contributed by atoms with Crippen molar-refractivity contribution in [3.63, 3.8) is 0 Å². The summed E-state index contributed by atoms with van der Waals surface area (Å²) in [6.07, 6.45) is 0.154. The van der Waals surface area contributed by atoms with E-state index < -0.39 is 23.6 Å². The molecule has 0 spiro atoms. The summed E-state index contributed by atoms with van der Waals surface area (Å²) in [5.74, 6) is -1.38. The first kappa shape index (κ1) is 21.6. The van der Waals surface area contributed by atoms with Crippen LogP contribution in [0.4, 0.5) is 16.2 Å². The Morgan fingerprint density at radius 1 is 1.07 bits per heavy atom. The third-order valence-corrected chi connectivity index (χ3v) is 4.71. The summed E-state index contributed by atoms with van der Waals surface area (Å²) >= 11 is 0. The van der Waals surface area contributed by atoms with Gasteiger partial charge in [0.05, 0.1) is 37.8 Å². The van der Waals surface area contributed by atoms with Gasteiger partial charge in [-0.25, -0.2) is 14.4 Å². The number of benzene rings is 1. The van der Waals surface area contributed by atoms with Crippen LogP contribution in [0.1, 0.15) is 26.3 Å². The fraction of sp³-hybridized carbons (Fsp3) is 0.476. The highest BCUT2D eigenvalue weighted by Crippen LogP contribution is 2.41. The Hall–Kier alpha value is -3.07. The fourth-order valence-electron chi connectivity index (χ4n) is 3.49. The highest BCUT2D eigenvalue weighted by Gasteiger charge is 2.37. The van der Waals surface area contributed by atoms with E-state index in [-0.39, 0.29) is 24.6 Å². The first-order valence-electron chi connectivity index (χ1n) is 9.55. The highest BCUT2D eigenvalue weighted by atomic mass is 16.6. The molecule has 0 atom stereocenters. The van der Waals surface area contributed by atoms with Crippen molar-refractivity contribution >= 4 is 29.4 Å². The second-order valence-corrected chi connectivity index (χ2v) is 7.88. The molecule has 1 amide bonds. The molecule has 1 aromatic rings. The van der Waals surface area contributed by atoms with Gasteiger partial charge in [-0.15, -0.1) is 0 Å². The molecule has 0 bridgehead atoms. The number of esters is 2. The smallest absolute Gasteiger partial charge is 0.414 e. The largest absolute Gasteiger partial charge is 0.466 e. The zero-order valence-corrected chi connectivity index (χ0v) is 17.8. The summed E-state index contributed by atoms with van der Waals surface area (Å²) in [4.78, 5) is 40.7. The van der Waals surface area contributed by atoms with E-state index >= 15 is 0 Å². The van der Waals surface area contributed by atoms with Crippen LogP contribution in [0.3, 0.4) is 0 Å². The maximum absolute atomic E-state index is 12.8. The minimum Gasteiger partial charge on any atom is -0.466 e. The predicted octanol–water partition coefficient (Wildman–Crippen LogP) is 2.38. The maximum Gasteiger partial charge on any atom is 0.414 e. The van der Waals surface area contributed by atoms with E-state index in [0.717, 1.165) is 5.56 Å². The molecule has 30 heavy (non-hydrogen) atoms. The summed E-state index contributed by atoms with van der Waals surface area (Å²) in [6.45, 7) is 5.76. The van der Waals surface area contributed by atoms with Gasteiger partial charge < -0.3 is 23.8 Å². The number of para-hydroxylation sites is 1. The molecule has 1 aromatic carbocycles. The number of carbonyl (C=O) groups excluding carboxylic acids is 3. The summed E-state index contributed by atoms with van der Waals surface area (Å²) in [5, 5.41) is 0. The number of anilines is 2. The number of nitrogens with zero attached hydrogens (tertiary/aromatic N) is 2. The number of hydrogen-bond acceptors (Lipinski definition) is 8. The third-order valence-electron chi connectivity index (χ3n) is 4.71. The van der Waals surface area contributed by atoms with Gasteiger partial charge in [0, 0.05) is 6.54 Å². The van der Waals surface area contributed by atoms with Crippen molar-refractivity contribution in [1.82, 2.24) is 0 Å². The van der Waals surface area contributed by atoms with Gasteiger partial charge >= 0.3 is 18.0 Å². The Bertz CT molecular complexity index is 901. The summed E-state index contributed by atoms with van der Waals surface area (Å²) < 4.78 is 20.8. The molecule has 0 saturated heterocycles. The third kappa shape index (κ3) is 4.11. The number of ether oxygens (including phenoxy) is 4. The lowest BCUT2D eigenvalue weighted by Crippen LogP contribution is -2.40. The Balaban J connectivity index is 2.10. The van der Waals surface area contributed by atoms with Crippen molar-refractivity contribution in [2.45, 2.75) is 32.8 Å². The average Bonchev–Trinajstić information content (AvgIpc) is 3.15. The Labute approximate surface area is 175 Å². The van der Waals surface area contributed by atoms with Gasteiger partial charge in [-0.1, -0.05) is 12.1 Å². The number of rotatable bonds is 3. The van der Waals surface area contributed by atoms with Crippen molar-refractivity contribution in [3.8, 4) is 0 Å². The van der Waals surface area contributed by atoms with Crippen LogP contribution in [0.15, 0.2) is 29.5 Å². The molecule has 2 aliphatic heterocycles. The van der Waals surface area contributed by atoms with E-state index in [0.29, 0.717) is 24.3 Å². The zero-order chi connectivity index (χ0) is 22.1. The van der Waals surface area contributed by atoms with E-state index in [2.05, 4.69) is 0 Å². The monoisotopic (exact) mass is 418 g/mol. The SMILES string of the molecule is COC(=O)C1=C(C(=O)OC)N(c2cccc3c2N(C(=O)OC(C)(C)C)CC3)COC1. The van der Waals surface area contributed by atoms with Crippen LogP contribution in [0, 0.1) is 0 Å². The molecule has 0 saturated carbocycles. The molecule has 2 heterocycles. The lowest BCUT2D eigenvalue weighted by atomic mass is 10.1. The summed E-state index contributed by atoms with van der Waals surface area (Å²) in [7, 11) is 2.47. The minimum absolute atomic E-state index is 0.00351. The van der Waals surface area contributed by atoms with Crippen molar-refractivity contribution in [2.75, 3.05) is 43.9 Å². The lowest BCUT2D eigenvalue weighted by molar-refractivity contribution is -0.140. The maximum atomic E-state index is 12.8. The van der Waals surface area contributed by atoms with Gasteiger partial charge in [-0.05, 0) is 38.8 Å². The molecule has 0 aromatic heterocycles. The van der Waals surface area contributed by atoms with Crippen LogP contribution in [0.25, 0.3) is 0 Å². The minimum atomic E-state index is -0.696. The van der Waals surface area contributed by atoms with Gasteiger partial charge in [-0.2, -0.15) is 0 Å². The van der Waals surface area contributed by atoms with E-state index in [9.17, 15) is 14.4 Å². The molecule has 9 heteroatoms. The van der Waals surface area contributed by atoms with Gasteiger partial charge in [0.2, 0.25) is 0 Å². The van der Waals surface area contributed by atoms with Gasteiger partial charge in [-0.3, -0.25) is 4.90 Å². The Kier molecular flexibility index (Phi) is 6.02. The second-order valence-electron chi connectivity index (χ2n) is 7.88. The van der Waals surface area contributed by atoms with Crippen LogP contribution in [0.2, 0.25) is 0 Å². The van der Waals surface area contributed by atoms with Crippen molar-refractivity contribution in [1.29, 1.82) is 0 Å². The standard InChI is InChI=1S/C21H26N2O7/c1-21(2,3)30-20(26)22-10-9-13-7-6-8-15(16(13)22)23-12-29-11-14(18(24)27-4)17(23)19(25)28-5/h6-8H,9-12H2,1-5H3. The molecule has 0 fully saturated rings. The van der Waals surface area contributed by atoms with E-state index in [1.165, 1.54) is 24.0 Å². The fourth-order valence-corrected chi connectivity index (χ4v) is 3.49. The number of carbonyl (C=O) groups is 3. The first-order valence-corrected chi connectivity index (χ1v) is 9.55. The first-order chi connectivity index (χ1) is 14.2. The highest BCUT2D eigenvalue weighted by molar-refractivity contribution is 6.05. The van der Waals surface area contributed by atoms with E-state index in [4.69, 9.17) is 18.9 Å². The topological polar surface area (TPSA) is 94.6 Å². The van der Waals surface area contributed by atoms with Gasteiger partial charge in [0.1, 0.15) is 18.0 Å². The van der Waals surface area contributed by atoms with Crippen LogP contribution >= 0.6 is 0 Å². The van der Waals surface area contributed by atoms with Crippen LogP contribution in [-0.2, 0) is 35.0 Å². The van der Waals surface area contributed by atoms with Gasteiger partial charge in [0.25, 0.3) is 0 Å². The summed E-state index contributed by atoms with van der Waals surface area (Å²) in [5.41, 5.74) is 1.50. The van der Waals surface area contributed by atoms with Crippen LogP contribution < -0.4 is 9.80 Å². The molecule has 0 radical (unpaired) electrons. The molecular formula is C21H26N2O7. The normalized spacial score (nSPS) is 16.3. The van der Waals surface area contributed by atoms with E-state index in [1.807, 2.05) is 12.1 Å². The van der Waals surface area contributed by atoms with Crippen molar-refractivity contribution in [2.24, 2.45) is 0 Å². The lowest BCUT2D eigenvalue weighted by Gasteiger charge is -2.34. The quantitative estimate of drug-likeness (QED) is 0.546. The summed E-state index contributed by atoms with van der Waals surface area (Å²) in [6, 6.07) is 5.50. The Morgan fingerprint density at radius 3 is 2.40 bits per heavy atom. The molecule has 2 aliphatic rings. The van der Waals surface area contributed by atoms with E-state index in [1.54, 1.807) is 26.8 Å². The predicted molar refractivity (Wildman–Crippen MR) is 108 cm³/mol.